The number of hydrogen-bond donors (Lipinski definition) is 0. The van der Waals surface area contributed by atoms with E-state index in [1.54, 1.807) is 18.5 Å². The predicted octanol–water partition coefficient (Wildman–Crippen LogP) is 4.03. The van der Waals surface area contributed by atoms with Gasteiger partial charge in [-0.05, 0) is 17.2 Å². The van der Waals surface area contributed by atoms with Crippen LogP contribution in [0.15, 0.2) is 55.0 Å². The molecule has 0 aliphatic carbocycles. The van der Waals surface area contributed by atoms with Gasteiger partial charge in [0, 0.05) is 18.5 Å². The predicted molar refractivity (Wildman–Crippen MR) is 94.4 cm³/mol. The number of pyridine rings is 1. The summed E-state index contributed by atoms with van der Waals surface area (Å²) in [6, 6.07) is 12.1. The van der Waals surface area contributed by atoms with E-state index in [4.69, 9.17) is 23.2 Å². The Morgan fingerprint density at radius 2 is 1.71 bits per heavy atom. The molecule has 1 aromatic carbocycles. The van der Waals surface area contributed by atoms with Gasteiger partial charge < -0.3 is 0 Å². The second kappa shape index (κ2) is 6.26. The molecular weight excluding hydrogens is 345 g/mol. The fourth-order valence-electron chi connectivity index (χ4n) is 2.64. The van der Waals surface area contributed by atoms with Crippen molar-refractivity contribution in [1.82, 2.24) is 24.5 Å². The molecule has 0 saturated carbocycles. The van der Waals surface area contributed by atoms with Crippen molar-refractivity contribution in [1.29, 1.82) is 0 Å². The van der Waals surface area contributed by atoms with Gasteiger partial charge >= 0.3 is 0 Å². The van der Waals surface area contributed by atoms with Crippen LogP contribution in [0.25, 0.3) is 10.9 Å². The van der Waals surface area contributed by atoms with Crippen molar-refractivity contribution in [2.45, 2.75) is 13.1 Å². The standard InChI is InChI=1S/C17H13Cl2N5/c18-16-8-15-14(17(19)22-16)9-21-24(15)11-13-4-2-12(3-5-13)10-23-7-1-6-20-23/h1-9H,10-11H2. The third kappa shape index (κ3) is 3.00. The molecule has 120 valence electrons. The molecule has 24 heavy (non-hydrogen) atoms. The van der Waals surface area contributed by atoms with Gasteiger partial charge in [0.1, 0.15) is 10.3 Å². The third-order valence-corrected chi connectivity index (χ3v) is 4.30. The molecule has 0 radical (unpaired) electrons. The van der Waals surface area contributed by atoms with Crippen molar-refractivity contribution < 1.29 is 0 Å². The average Bonchev–Trinajstić information content (AvgIpc) is 3.20. The maximum atomic E-state index is 6.11. The van der Waals surface area contributed by atoms with E-state index in [0.717, 1.165) is 23.0 Å². The normalized spacial score (nSPS) is 11.2. The van der Waals surface area contributed by atoms with Crippen LogP contribution in [-0.2, 0) is 13.1 Å². The molecule has 5 nitrogen and oxygen atoms in total. The van der Waals surface area contributed by atoms with Crippen molar-refractivity contribution >= 4 is 34.1 Å². The van der Waals surface area contributed by atoms with Crippen molar-refractivity contribution in [2.75, 3.05) is 0 Å². The Kier molecular flexibility index (Phi) is 3.96. The molecule has 0 spiro atoms. The first-order valence-corrected chi connectivity index (χ1v) is 8.17. The number of hydrogen-bond acceptors (Lipinski definition) is 3. The Morgan fingerprint density at radius 1 is 0.958 bits per heavy atom. The van der Waals surface area contributed by atoms with E-state index >= 15 is 0 Å². The van der Waals surface area contributed by atoms with Gasteiger partial charge in [-0.3, -0.25) is 9.36 Å². The van der Waals surface area contributed by atoms with Gasteiger partial charge in [-0.25, -0.2) is 4.98 Å². The summed E-state index contributed by atoms with van der Waals surface area (Å²) in [7, 11) is 0. The molecule has 0 fully saturated rings. The molecule has 0 bridgehead atoms. The molecule has 0 atom stereocenters. The second-order valence-electron chi connectivity index (χ2n) is 5.49. The van der Waals surface area contributed by atoms with Crippen LogP contribution in [0, 0.1) is 0 Å². The van der Waals surface area contributed by atoms with Crippen LogP contribution in [-0.4, -0.2) is 24.5 Å². The van der Waals surface area contributed by atoms with Gasteiger partial charge in [0.05, 0.1) is 30.2 Å². The molecule has 0 amide bonds. The Balaban J connectivity index is 1.57. The molecule has 0 unspecified atom stereocenters. The van der Waals surface area contributed by atoms with Crippen molar-refractivity contribution in [3.63, 3.8) is 0 Å². The third-order valence-electron chi connectivity index (χ3n) is 3.82. The average molecular weight is 358 g/mol. The summed E-state index contributed by atoms with van der Waals surface area (Å²) in [6.45, 7) is 1.40. The number of benzene rings is 1. The van der Waals surface area contributed by atoms with E-state index in [1.807, 2.05) is 21.6 Å². The van der Waals surface area contributed by atoms with Crippen LogP contribution in [0.5, 0.6) is 0 Å². The summed E-state index contributed by atoms with van der Waals surface area (Å²) in [5, 5.41) is 10.2. The first kappa shape index (κ1) is 15.2. The van der Waals surface area contributed by atoms with Gasteiger partial charge in [-0.1, -0.05) is 47.5 Å². The smallest absolute Gasteiger partial charge is 0.141 e. The molecule has 3 heterocycles. The maximum Gasteiger partial charge on any atom is 0.141 e. The number of rotatable bonds is 4. The van der Waals surface area contributed by atoms with Crippen LogP contribution in [0.3, 0.4) is 0 Å². The van der Waals surface area contributed by atoms with E-state index in [1.165, 1.54) is 5.56 Å². The summed E-state index contributed by atoms with van der Waals surface area (Å²) in [5.74, 6) is 0. The number of aromatic nitrogens is 5. The molecule has 0 aliphatic heterocycles. The van der Waals surface area contributed by atoms with Crippen molar-refractivity contribution in [2.24, 2.45) is 0 Å². The topological polar surface area (TPSA) is 48.5 Å². The minimum absolute atomic E-state index is 0.365. The fourth-order valence-corrected chi connectivity index (χ4v) is 3.10. The Hall–Kier alpha value is -2.37. The minimum Gasteiger partial charge on any atom is -0.268 e. The summed E-state index contributed by atoms with van der Waals surface area (Å²) >= 11 is 12.1. The second-order valence-corrected chi connectivity index (χ2v) is 6.24. The van der Waals surface area contributed by atoms with Crippen LogP contribution in [0.4, 0.5) is 0 Å². The summed E-state index contributed by atoms with van der Waals surface area (Å²) in [4.78, 5) is 4.04. The van der Waals surface area contributed by atoms with Gasteiger partial charge in [-0.15, -0.1) is 0 Å². The number of halogens is 2. The Morgan fingerprint density at radius 3 is 2.42 bits per heavy atom. The molecule has 0 N–H and O–H groups in total. The van der Waals surface area contributed by atoms with E-state index in [-0.39, 0.29) is 0 Å². The number of nitrogens with zero attached hydrogens (tertiary/aromatic N) is 5. The molecule has 0 saturated heterocycles. The zero-order valence-electron chi connectivity index (χ0n) is 12.6. The molecule has 0 aliphatic rings. The lowest BCUT2D eigenvalue weighted by Crippen LogP contribution is -2.03. The van der Waals surface area contributed by atoms with E-state index in [2.05, 4.69) is 39.4 Å². The largest absolute Gasteiger partial charge is 0.268 e. The summed E-state index contributed by atoms with van der Waals surface area (Å²) in [6.07, 6.45) is 5.45. The highest BCUT2D eigenvalue weighted by atomic mass is 35.5. The van der Waals surface area contributed by atoms with Gasteiger partial charge in [-0.2, -0.15) is 10.2 Å². The van der Waals surface area contributed by atoms with Gasteiger partial charge in [0.25, 0.3) is 0 Å². The van der Waals surface area contributed by atoms with Crippen molar-refractivity contribution in [3.8, 4) is 0 Å². The molecule has 3 aromatic heterocycles. The van der Waals surface area contributed by atoms with Crippen LogP contribution in [0.2, 0.25) is 10.3 Å². The minimum atomic E-state index is 0.365. The SMILES string of the molecule is Clc1cc2c(cnn2Cc2ccc(Cn3cccn3)cc2)c(Cl)n1. The van der Waals surface area contributed by atoms with E-state index < -0.39 is 0 Å². The molecular formula is C17H13Cl2N5. The number of fused-ring (bicyclic) bond motifs is 1. The Bertz CT molecular complexity index is 974. The first-order chi connectivity index (χ1) is 11.7. The lowest BCUT2D eigenvalue weighted by Gasteiger charge is -2.07. The molecule has 4 aromatic rings. The zero-order valence-corrected chi connectivity index (χ0v) is 14.1. The highest BCUT2D eigenvalue weighted by Gasteiger charge is 2.09. The Labute approximate surface area is 148 Å². The monoisotopic (exact) mass is 357 g/mol. The highest BCUT2D eigenvalue weighted by molar-refractivity contribution is 6.36. The van der Waals surface area contributed by atoms with Crippen LogP contribution < -0.4 is 0 Å². The van der Waals surface area contributed by atoms with Gasteiger partial charge in [0.2, 0.25) is 0 Å². The molecule has 4 rings (SSSR count). The van der Waals surface area contributed by atoms with Crippen LogP contribution >= 0.6 is 23.2 Å². The van der Waals surface area contributed by atoms with Gasteiger partial charge in [0.15, 0.2) is 0 Å². The first-order valence-electron chi connectivity index (χ1n) is 7.42. The zero-order chi connectivity index (χ0) is 16.5. The van der Waals surface area contributed by atoms with Crippen molar-refractivity contribution in [3.05, 3.63) is 76.4 Å². The summed E-state index contributed by atoms with van der Waals surface area (Å²) in [5.41, 5.74) is 3.22. The quantitative estimate of drug-likeness (QED) is 0.518. The highest BCUT2D eigenvalue weighted by Crippen LogP contribution is 2.25. The van der Waals surface area contributed by atoms with E-state index in [9.17, 15) is 0 Å². The molecule has 7 heteroatoms. The lowest BCUT2D eigenvalue weighted by molar-refractivity contribution is 0.684. The maximum absolute atomic E-state index is 6.11. The summed E-state index contributed by atoms with van der Waals surface area (Å²) < 4.78 is 3.77. The lowest BCUT2D eigenvalue weighted by atomic mass is 10.1. The fraction of sp³-hybridized carbons (Fsp3) is 0.118. The van der Waals surface area contributed by atoms with E-state index in [0.29, 0.717) is 16.9 Å². The van der Waals surface area contributed by atoms with Crippen LogP contribution in [0.1, 0.15) is 11.1 Å².